The Labute approximate surface area is 136 Å². The van der Waals surface area contributed by atoms with Crippen molar-refractivity contribution >= 4 is 27.7 Å². The molecule has 0 aliphatic carbocycles. The van der Waals surface area contributed by atoms with Crippen molar-refractivity contribution in [2.45, 2.75) is 18.9 Å². The second-order valence-corrected chi connectivity index (χ2v) is 8.02. The van der Waals surface area contributed by atoms with E-state index < -0.39 is 10.2 Å². The van der Waals surface area contributed by atoms with E-state index >= 15 is 0 Å². The molecule has 122 valence electrons. The predicted octanol–water partition coefficient (Wildman–Crippen LogP) is 1.34. The van der Waals surface area contributed by atoms with Gasteiger partial charge in [-0.2, -0.15) is 17.0 Å². The summed E-state index contributed by atoms with van der Waals surface area (Å²) in [5.74, 6) is -0.161. The predicted molar refractivity (Wildman–Crippen MR) is 86.1 cm³/mol. The first-order chi connectivity index (χ1) is 10.3. The van der Waals surface area contributed by atoms with Crippen LogP contribution >= 0.6 is 11.6 Å². The van der Waals surface area contributed by atoms with Crippen molar-refractivity contribution in [2.24, 2.45) is 0 Å². The highest BCUT2D eigenvalue weighted by Gasteiger charge is 2.30. The Morgan fingerprint density at radius 1 is 1.23 bits per heavy atom. The molecule has 1 N–H and O–H groups in total. The Hall–Kier alpha value is -1.15. The molecule has 0 spiro atoms. The molecule has 1 saturated heterocycles. The van der Waals surface area contributed by atoms with Crippen molar-refractivity contribution in [3.63, 3.8) is 0 Å². The third kappa shape index (κ3) is 3.98. The summed E-state index contributed by atoms with van der Waals surface area (Å²) < 4.78 is 26.7. The summed E-state index contributed by atoms with van der Waals surface area (Å²) in [6.45, 7) is 0.818. The van der Waals surface area contributed by atoms with Gasteiger partial charge in [0, 0.05) is 43.8 Å². The van der Waals surface area contributed by atoms with Gasteiger partial charge in [-0.1, -0.05) is 11.6 Å². The zero-order chi connectivity index (χ0) is 16.3. The van der Waals surface area contributed by atoms with Crippen LogP contribution in [0.1, 0.15) is 23.2 Å². The number of rotatable bonds is 4. The molecule has 0 unspecified atom stereocenters. The number of piperidine rings is 1. The highest BCUT2D eigenvalue weighted by atomic mass is 35.5. The second-order valence-electron chi connectivity index (χ2n) is 5.44. The number of nitrogens with one attached hydrogen (secondary N) is 1. The van der Waals surface area contributed by atoms with Crippen molar-refractivity contribution in [3.8, 4) is 0 Å². The van der Waals surface area contributed by atoms with Crippen LogP contribution in [0.4, 0.5) is 0 Å². The van der Waals surface area contributed by atoms with Gasteiger partial charge in [-0.3, -0.25) is 4.79 Å². The van der Waals surface area contributed by atoms with Crippen molar-refractivity contribution in [2.75, 3.05) is 27.2 Å². The van der Waals surface area contributed by atoms with E-state index in [1.165, 1.54) is 22.7 Å². The van der Waals surface area contributed by atoms with Crippen LogP contribution in [0.2, 0.25) is 5.02 Å². The zero-order valence-electron chi connectivity index (χ0n) is 12.6. The first-order valence-corrected chi connectivity index (χ1v) is 8.82. The first kappa shape index (κ1) is 17.2. The van der Waals surface area contributed by atoms with Crippen molar-refractivity contribution in [1.82, 2.24) is 13.9 Å². The summed E-state index contributed by atoms with van der Waals surface area (Å²) in [4.78, 5) is 12.1. The summed E-state index contributed by atoms with van der Waals surface area (Å²) >= 11 is 5.79. The summed E-state index contributed by atoms with van der Waals surface area (Å²) in [5, 5.41) is 3.52. The largest absolute Gasteiger partial charge is 0.349 e. The Morgan fingerprint density at radius 3 is 2.27 bits per heavy atom. The smallest absolute Gasteiger partial charge is 0.281 e. The standard InChI is InChI=1S/C14H20ClN3O3S/c1-17(2)22(20,21)18-9-7-13(8-10-18)16-14(19)11-3-5-12(15)6-4-11/h3-6,13H,7-10H2,1-2H3,(H,16,19). The summed E-state index contributed by atoms with van der Waals surface area (Å²) in [6, 6.07) is 6.66. The van der Waals surface area contributed by atoms with Crippen LogP contribution < -0.4 is 5.32 Å². The molecular weight excluding hydrogens is 326 g/mol. The molecule has 0 atom stereocenters. The van der Waals surface area contributed by atoms with E-state index in [0.717, 1.165) is 0 Å². The van der Waals surface area contributed by atoms with Crippen LogP contribution in [0.25, 0.3) is 0 Å². The molecule has 0 bridgehead atoms. The first-order valence-electron chi connectivity index (χ1n) is 7.05. The fourth-order valence-corrected chi connectivity index (χ4v) is 3.59. The van der Waals surface area contributed by atoms with Crippen molar-refractivity contribution in [1.29, 1.82) is 0 Å². The number of carbonyl (C=O) groups is 1. The van der Waals surface area contributed by atoms with Gasteiger partial charge in [-0.15, -0.1) is 0 Å². The van der Waals surface area contributed by atoms with E-state index in [4.69, 9.17) is 11.6 Å². The van der Waals surface area contributed by atoms with E-state index in [0.29, 0.717) is 36.5 Å². The van der Waals surface area contributed by atoms with Gasteiger partial charge in [0.05, 0.1) is 0 Å². The van der Waals surface area contributed by atoms with Gasteiger partial charge in [-0.25, -0.2) is 0 Å². The van der Waals surface area contributed by atoms with Crippen molar-refractivity contribution < 1.29 is 13.2 Å². The molecule has 0 aromatic heterocycles. The van der Waals surface area contributed by atoms with Gasteiger partial charge in [0.2, 0.25) is 0 Å². The number of carbonyl (C=O) groups excluding carboxylic acids is 1. The van der Waals surface area contributed by atoms with Gasteiger partial charge in [0.25, 0.3) is 16.1 Å². The molecule has 0 radical (unpaired) electrons. The van der Waals surface area contributed by atoms with Crippen LogP contribution in [0.15, 0.2) is 24.3 Å². The minimum Gasteiger partial charge on any atom is -0.349 e. The Morgan fingerprint density at radius 2 is 1.77 bits per heavy atom. The minimum absolute atomic E-state index is 0.0169. The van der Waals surface area contributed by atoms with Crippen LogP contribution in [-0.4, -0.2) is 56.2 Å². The van der Waals surface area contributed by atoms with Gasteiger partial charge in [-0.05, 0) is 37.1 Å². The van der Waals surface area contributed by atoms with E-state index in [9.17, 15) is 13.2 Å². The number of amides is 1. The van der Waals surface area contributed by atoms with Crippen LogP contribution in [0, 0.1) is 0 Å². The molecule has 1 aliphatic heterocycles. The molecule has 1 aliphatic rings. The Balaban J connectivity index is 1.90. The lowest BCUT2D eigenvalue weighted by atomic mass is 10.1. The SMILES string of the molecule is CN(C)S(=O)(=O)N1CCC(NC(=O)c2ccc(Cl)cc2)CC1. The third-order valence-electron chi connectivity index (χ3n) is 3.68. The number of hydrogen-bond donors (Lipinski definition) is 1. The maximum Gasteiger partial charge on any atom is 0.281 e. The fraction of sp³-hybridized carbons (Fsp3) is 0.500. The lowest BCUT2D eigenvalue weighted by Crippen LogP contribution is -2.49. The lowest BCUT2D eigenvalue weighted by molar-refractivity contribution is 0.0923. The van der Waals surface area contributed by atoms with Crippen LogP contribution in [0.3, 0.4) is 0 Å². The maximum absolute atomic E-state index is 12.1. The number of nitrogens with zero attached hydrogens (tertiary/aromatic N) is 2. The number of benzene rings is 1. The molecule has 1 aromatic carbocycles. The molecule has 1 aromatic rings. The highest BCUT2D eigenvalue weighted by Crippen LogP contribution is 2.16. The minimum atomic E-state index is -3.37. The maximum atomic E-state index is 12.1. The molecule has 6 nitrogen and oxygen atoms in total. The average Bonchev–Trinajstić information content (AvgIpc) is 2.48. The molecule has 0 saturated carbocycles. The molecule has 1 heterocycles. The Kier molecular flexibility index (Phi) is 5.44. The normalized spacial score (nSPS) is 17.6. The molecule has 2 rings (SSSR count). The molecule has 1 fully saturated rings. The zero-order valence-corrected chi connectivity index (χ0v) is 14.2. The number of halogens is 1. The fourth-order valence-electron chi connectivity index (χ4n) is 2.33. The van der Waals surface area contributed by atoms with Gasteiger partial charge >= 0.3 is 0 Å². The second kappa shape index (κ2) is 6.95. The number of hydrogen-bond acceptors (Lipinski definition) is 3. The van der Waals surface area contributed by atoms with Crippen LogP contribution in [0.5, 0.6) is 0 Å². The molecular formula is C14H20ClN3O3S. The van der Waals surface area contributed by atoms with Gasteiger partial charge in [0.15, 0.2) is 0 Å². The lowest BCUT2D eigenvalue weighted by Gasteiger charge is -2.33. The topological polar surface area (TPSA) is 69.7 Å². The van der Waals surface area contributed by atoms with Gasteiger partial charge < -0.3 is 5.32 Å². The van der Waals surface area contributed by atoms with Crippen LogP contribution in [-0.2, 0) is 10.2 Å². The van der Waals surface area contributed by atoms with Gasteiger partial charge in [0.1, 0.15) is 0 Å². The van der Waals surface area contributed by atoms with E-state index in [1.807, 2.05) is 0 Å². The molecule has 8 heteroatoms. The van der Waals surface area contributed by atoms with Crippen molar-refractivity contribution in [3.05, 3.63) is 34.9 Å². The molecule has 22 heavy (non-hydrogen) atoms. The third-order valence-corrected chi connectivity index (χ3v) is 5.88. The Bertz CT molecular complexity index is 623. The monoisotopic (exact) mass is 345 g/mol. The average molecular weight is 346 g/mol. The molecule has 1 amide bonds. The highest BCUT2D eigenvalue weighted by molar-refractivity contribution is 7.86. The van der Waals surface area contributed by atoms with E-state index in [-0.39, 0.29) is 11.9 Å². The van der Waals surface area contributed by atoms with E-state index in [2.05, 4.69) is 5.32 Å². The van der Waals surface area contributed by atoms with E-state index in [1.54, 1.807) is 24.3 Å². The quantitative estimate of drug-likeness (QED) is 0.895. The summed E-state index contributed by atoms with van der Waals surface area (Å²) in [7, 11) is -0.334. The summed E-state index contributed by atoms with van der Waals surface area (Å²) in [6.07, 6.45) is 1.21. The summed E-state index contributed by atoms with van der Waals surface area (Å²) in [5.41, 5.74) is 0.549.